The number of halogens is 6. The van der Waals surface area contributed by atoms with Gasteiger partial charge in [-0.15, -0.1) is 11.8 Å². The summed E-state index contributed by atoms with van der Waals surface area (Å²) in [6, 6.07) is 4.75. The molecule has 0 heterocycles. The van der Waals surface area contributed by atoms with Gasteiger partial charge in [0, 0.05) is 10.7 Å². The van der Waals surface area contributed by atoms with Crippen molar-refractivity contribution < 1.29 is 26.7 Å². The molecule has 0 saturated carbocycles. The molecule has 0 radical (unpaired) electrons. The fourth-order valence-corrected chi connectivity index (χ4v) is 2.73. The topological polar surface area (TPSA) is 29.1 Å². The van der Waals surface area contributed by atoms with Gasteiger partial charge >= 0.3 is 0 Å². The lowest BCUT2D eigenvalue weighted by Gasteiger charge is -2.10. The molecule has 0 aliphatic carbocycles. The Hall–Kier alpha value is -1.80. The molecule has 2 nitrogen and oxygen atoms in total. The van der Waals surface area contributed by atoms with Crippen molar-refractivity contribution in [2.75, 3.05) is 11.1 Å². The molecule has 0 aliphatic heterocycles. The van der Waals surface area contributed by atoms with Crippen LogP contribution in [-0.2, 0) is 4.79 Å². The van der Waals surface area contributed by atoms with Crippen molar-refractivity contribution in [2.45, 2.75) is 11.8 Å². The van der Waals surface area contributed by atoms with E-state index in [4.69, 9.17) is 11.6 Å². The summed E-state index contributed by atoms with van der Waals surface area (Å²) >= 11 is 6.09. The van der Waals surface area contributed by atoms with Gasteiger partial charge in [-0.05, 0) is 24.6 Å². The van der Waals surface area contributed by atoms with E-state index in [1.54, 1.807) is 25.1 Å². The second kappa shape index (κ2) is 7.40. The molecule has 0 saturated heterocycles. The van der Waals surface area contributed by atoms with Gasteiger partial charge in [0.2, 0.25) is 11.7 Å². The van der Waals surface area contributed by atoms with Gasteiger partial charge in [-0.2, -0.15) is 0 Å². The number of hydrogen-bond acceptors (Lipinski definition) is 2. The minimum atomic E-state index is -2.24. The molecule has 1 amide bonds. The maximum Gasteiger partial charge on any atom is 0.234 e. The average Bonchev–Trinajstić information content (AvgIpc) is 2.55. The van der Waals surface area contributed by atoms with Crippen LogP contribution >= 0.6 is 23.4 Å². The predicted octanol–water partition coefficient (Wildman–Crippen LogP) is 5.07. The highest BCUT2D eigenvalue weighted by Crippen LogP contribution is 2.31. The Labute approximate surface area is 143 Å². The Morgan fingerprint density at radius 1 is 1.04 bits per heavy atom. The van der Waals surface area contributed by atoms with Gasteiger partial charge < -0.3 is 5.32 Å². The number of carbonyl (C=O) groups is 1. The third kappa shape index (κ3) is 3.64. The zero-order chi connectivity index (χ0) is 18.0. The third-order valence-corrected chi connectivity index (χ3v) is 4.52. The standard InChI is InChI=1S/C15H9ClF5NOS/c1-6-7(16)3-2-4-8(6)22-9(23)5-24-15-13(20)11(18)10(17)12(19)14(15)21/h2-4H,5H2,1H3,(H,22,23). The van der Waals surface area contributed by atoms with Crippen LogP contribution in [0.5, 0.6) is 0 Å². The van der Waals surface area contributed by atoms with Crippen molar-refractivity contribution >= 4 is 35.0 Å². The quantitative estimate of drug-likeness (QED) is 0.346. The van der Waals surface area contributed by atoms with Crippen molar-refractivity contribution in [1.29, 1.82) is 0 Å². The molecule has 2 aromatic rings. The normalized spacial score (nSPS) is 10.8. The van der Waals surface area contributed by atoms with E-state index >= 15 is 0 Å². The van der Waals surface area contributed by atoms with E-state index in [0.717, 1.165) is 0 Å². The lowest BCUT2D eigenvalue weighted by Crippen LogP contribution is -2.15. The van der Waals surface area contributed by atoms with Crippen LogP contribution < -0.4 is 5.32 Å². The molecule has 0 aromatic heterocycles. The number of amides is 1. The monoisotopic (exact) mass is 381 g/mol. The van der Waals surface area contributed by atoms with E-state index in [2.05, 4.69) is 5.32 Å². The fraction of sp³-hybridized carbons (Fsp3) is 0.133. The van der Waals surface area contributed by atoms with E-state index in [9.17, 15) is 26.7 Å². The van der Waals surface area contributed by atoms with Crippen LogP contribution in [0.3, 0.4) is 0 Å². The number of anilines is 1. The highest BCUT2D eigenvalue weighted by Gasteiger charge is 2.26. The highest BCUT2D eigenvalue weighted by molar-refractivity contribution is 8.00. The summed E-state index contributed by atoms with van der Waals surface area (Å²) in [6.07, 6.45) is 0. The van der Waals surface area contributed by atoms with Crippen LogP contribution in [0.1, 0.15) is 5.56 Å². The lowest BCUT2D eigenvalue weighted by molar-refractivity contribution is -0.113. The number of nitrogens with one attached hydrogen (secondary N) is 1. The maximum absolute atomic E-state index is 13.5. The number of thioether (sulfide) groups is 1. The molecule has 0 spiro atoms. The molecular formula is C15H9ClF5NOS. The predicted molar refractivity (Wildman–Crippen MR) is 81.8 cm³/mol. The van der Waals surface area contributed by atoms with Crippen LogP contribution in [0, 0.1) is 36.0 Å². The first-order valence-corrected chi connectivity index (χ1v) is 7.79. The van der Waals surface area contributed by atoms with Gasteiger partial charge in [-0.25, -0.2) is 22.0 Å². The van der Waals surface area contributed by atoms with Crippen molar-refractivity contribution in [1.82, 2.24) is 0 Å². The Kier molecular flexibility index (Phi) is 5.71. The van der Waals surface area contributed by atoms with E-state index in [1.165, 1.54) is 0 Å². The lowest BCUT2D eigenvalue weighted by atomic mass is 10.2. The van der Waals surface area contributed by atoms with Gasteiger partial charge in [0.15, 0.2) is 23.3 Å². The van der Waals surface area contributed by atoms with Crippen LogP contribution in [0.15, 0.2) is 23.1 Å². The van der Waals surface area contributed by atoms with E-state index in [1.807, 2.05) is 0 Å². The number of carbonyl (C=O) groups excluding carboxylic acids is 1. The molecule has 1 N–H and O–H groups in total. The SMILES string of the molecule is Cc1c(Cl)cccc1NC(=O)CSc1c(F)c(F)c(F)c(F)c1F. The molecule has 0 atom stereocenters. The van der Waals surface area contributed by atoms with Gasteiger partial charge in [0.25, 0.3) is 0 Å². The first-order valence-electron chi connectivity index (χ1n) is 6.43. The van der Waals surface area contributed by atoms with Crippen molar-refractivity contribution in [2.24, 2.45) is 0 Å². The Morgan fingerprint density at radius 3 is 2.17 bits per heavy atom. The molecule has 0 fully saturated rings. The number of rotatable bonds is 4. The zero-order valence-electron chi connectivity index (χ0n) is 12.0. The van der Waals surface area contributed by atoms with E-state index < -0.39 is 45.6 Å². The zero-order valence-corrected chi connectivity index (χ0v) is 13.6. The molecule has 24 heavy (non-hydrogen) atoms. The van der Waals surface area contributed by atoms with Gasteiger partial charge in [0.05, 0.1) is 10.6 Å². The minimum Gasteiger partial charge on any atom is -0.325 e. The molecule has 0 unspecified atom stereocenters. The first kappa shape index (κ1) is 18.5. The Balaban J connectivity index is 2.14. The van der Waals surface area contributed by atoms with Crippen molar-refractivity contribution in [3.63, 3.8) is 0 Å². The summed E-state index contributed by atoms with van der Waals surface area (Å²) in [7, 11) is 0. The smallest absolute Gasteiger partial charge is 0.234 e. The Bertz CT molecular complexity index is 786. The summed E-state index contributed by atoms with van der Waals surface area (Å²) in [5.41, 5.74) is 0.958. The highest BCUT2D eigenvalue weighted by atomic mass is 35.5. The summed E-state index contributed by atoms with van der Waals surface area (Å²) in [4.78, 5) is 10.7. The van der Waals surface area contributed by atoms with E-state index in [-0.39, 0.29) is 11.8 Å². The molecule has 2 rings (SSSR count). The van der Waals surface area contributed by atoms with Gasteiger partial charge in [-0.3, -0.25) is 4.79 Å². The molecule has 2 aromatic carbocycles. The van der Waals surface area contributed by atoms with E-state index in [0.29, 0.717) is 16.3 Å². The van der Waals surface area contributed by atoms with Crippen molar-refractivity contribution in [3.05, 3.63) is 57.9 Å². The van der Waals surface area contributed by atoms with Crippen molar-refractivity contribution in [3.8, 4) is 0 Å². The third-order valence-electron chi connectivity index (χ3n) is 3.06. The fourth-order valence-electron chi connectivity index (χ4n) is 1.78. The number of benzene rings is 2. The van der Waals surface area contributed by atoms with Gasteiger partial charge in [-0.1, -0.05) is 17.7 Å². The second-order valence-electron chi connectivity index (χ2n) is 4.65. The summed E-state index contributed by atoms with van der Waals surface area (Å²) in [6.45, 7) is 1.65. The van der Waals surface area contributed by atoms with Crippen LogP contribution in [0.4, 0.5) is 27.6 Å². The Morgan fingerprint density at radius 2 is 1.58 bits per heavy atom. The summed E-state index contributed by atoms with van der Waals surface area (Å²) in [5.74, 6) is -11.5. The first-order chi connectivity index (χ1) is 11.2. The minimum absolute atomic E-state index is 0.206. The molecule has 128 valence electrons. The van der Waals surface area contributed by atoms with Gasteiger partial charge in [0.1, 0.15) is 0 Å². The number of hydrogen-bond donors (Lipinski definition) is 1. The molecule has 0 aliphatic rings. The maximum atomic E-state index is 13.5. The molecular weight excluding hydrogens is 373 g/mol. The summed E-state index contributed by atoms with van der Waals surface area (Å²) in [5, 5.41) is 2.85. The molecule has 9 heteroatoms. The second-order valence-corrected chi connectivity index (χ2v) is 6.04. The molecule has 0 bridgehead atoms. The average molecular weight is 382 g/mol. The summed E-state index contributed by atoms with van der Waals surface area (Å²) < 4.78 is 66.1. The van der Waals surface area contributed by atoms with Crippen LogP contribution in [0.2, 0.25) is 5.02 Å². The van der Waals surface area contributed by atoms with Crippen LogP contribution in [-0.4, -0.2) is 11.7 Å². The largest absolute Gasteiger partial charge is 0.325 e. The van der Waals surface area contributed by atoms with Crippen LogP contribution in [0.25, 0.3) is 0 Å².